The third kappa shape index (κ3) is 4.96. The fourth-order valence-electron chi connectivity index (χ4n) is 3.01. The predicted molar refractivity (Wildman–Crippen MR) is 102 cm³/mol. The maximum absolute atomic E-state index is 14.1. The fraction of sp³-hybridized carbons (Fsp3) is 0.400. The van der Waals surface area contributed by atoms with Crippen LogP contribution >= 0.6 is 0 Å². The molecule has 2 heterocycles. The smallest absolute Gasteiger partial charge is 0.339 e. The van der Waals surface area contributed by atoms with Gasteiger partial charge in [-0.3, -0.25) is 4.79 Å². The summed E-state index contributed by atoms with van der Waals surface area (Å²) >= 11 is 0. The number of aromatic carboxylic acids is 1. The number of halogens is 1. The van der Waals surface area contributed by atoms with Crippen LogP contribution < -0.4 is 10.9 Å². The van der Waals surface area contributed by atoms with Crippen molar-refractivity contribution in [2.45, 2.75) is 39.0 Å². The molecule has 1 atom stereocenters. The molecule has 7 nitrogen and oxygen atoms in total. The molecule has 1 unspecified atom stereocenters. The van der Waals surface area contributed by atoms with Crippen LogP contribution in [0.1, 0.15) is 35.2 Å². The highest BCUT2D eigenvalue weighted by atomic mass is 19.1. The number of carboxylic acids is 1. The van der Waals surface area contributed by atoms with E-state index in [9.17, 15) is 19.1 Å². The molecule has 0 amide bonds. The topological polar surface area (TPSA) is 89.8 Å². The molecular formula is C20H23FN2O5. The molecule has 1 aromatic carbocycles. The monoisotopic (exact) mass is 390 g/mol. The summed E-state index contributed by atoms with van der Waals surface area (Å²) in [5.41, 5.74) is 0.330. The van der Waals surface area contributed by atoms with Crippen molar-refractivity contribution in [3.8, 4) is 0 Å². The van der Waals surface area contributed by atoms with Crippen LogP contribution in [0, 0.1) is 12.7 Å². The molecule has 1 aromatic heterocycles. The van der Waals surface area contributed by atoms with Crippen LogP contribution in [0.4, 0.5) is 15.8 Å². The third-order valence-corrected chi connectivity index (χ3v) is 4.52. The van der Waals surface area contributed by atoms with Gasteiger partial charge in [-0.05, 0) is 43.9 Å². The number of ether oxygens (including phenoxy) is 2. The summed E-state index contributed by atoms with van der Waals surface area (Å²) in [6.07, 6.45) is 3.81. The summed E-state index contributed by atoms with van der Waals surface area (Å²) in [5.74, 6) is -1.75. The van der Waals surface area contributed by atoms with Gasteiger partial charge in [0.2, 0.25) is 0 Å². The molecule has 2 N–H and O–H groups in total. The average molecular weight is 390 g/mol. The lowest BCUT2D eigenvalue weighted by Crippen LogP contribution is -2.27. The quantitative estimate of drug-likeness (QED) is 0.754. The largest absolute Gasteiger partial charge is 0.478 e. The van der Waals surface area contributed by atoms with Crippen molar-refractivity contribution in [1.29, 1.82) is 0 Å². The standard InChI is InChI=1S/C20H23FN2O5/c1-13-5-6-16(15(21)10-13)22-17-11-18(24)23(12-14(17)20(25)26)7-9-28-19-4-2-3-8-27-19/h5-6,10-12,19,22H,2-4,7-9H2,1H3,(H,25,26). The Kier molecular flexibility index (Phi) is 6.43. The summed E-state index contributed by atoms with van der Waals surface area (Å²) in [4.78, 5) is 24.0. The number of hydrogen-bond donors (Lipinski definition) is 2. The second kappa shape index (κ2) is 8.99. The first-order chi connectivity index (χ1) is 13.4. The van der Waals surface area contributed by atoms with E-state index in [4.69, 9.17) is 9.47 Å². The van der Waals surface area contributed by atoms with Gasteiger partial charge in [-0.2, -0.15) is 0 Å². The van der Waals surface area contributed by atoms with E-state index in [0.29, 0.717) is 6.61 Å². The highest BCUT2D eigenvalue weighted by Crippen LogP contribution is 2.23. The summed E-state index contributed by atoms with van der Waals surface area (Å²) in [7, 11) is 0. The molecular weight excluding hydrogens is 367 g/mol. The summed E-state index contributed by atoms with van der Waals surface area (Å²) in [6, 6.07) is 5.67. The van der Waals surface area contributed by atoms with Crippen LogP contribution in [0.5, 0.6) is 0 Å². The van der Waals surface area contributed by atoms with Crippen LogP contribution in [0.15, 0.2) is 35.3 Å². The second-order valence-electron chi connectivity index (χ2n) is 6.71. The van der Waals surface area contributed by atoms with Gasteiger partial charge in [0, 0.05) is 25.4 Å². The zero-order valence-corrected chi connectivity index (χ0v) is 15.6. The average Bonchev–Trinajstić information content (AvgIpc) is 2.66. The van der Waals surface area contributed by atoms with E-state index in [0.717, 1.165) is 30.9 Å². The van der Waals surface area contributed by atoms with E-state index in [1.807, 2.05) is 0 Å². The molecule has 0 aliphatic carbocycles. The van der Waals surface area contributed by atoms with Crippen LogP contribution in [0.2, 0.25) is 0 Å². The molecule has 0 radical (unpaired) electrons. The number of aryl methyl sites for hydroxylation is 1. The molecule has 28 heavy (non-hydrogen) atoms. The molecule has 8 heteroatoms. The number of benzene rings is 1. The minimum absolute atomic E-state index is 0.0352. The number of carboxylic acid groups (broad SMARTS) is 1. The van der Waals surface area contributed by atoms with Gasteiger partial charge < -0.3 is 24.5 Å². The van der Waals surface area contributed by atoms with E-state index in [1.165, 1.54) is 22.9 Å². The number of hydrogen-bond acceptors (Lipinski definition) is 5. The molecule has 150 valence electrons. The van der Waals surface area contributed by atoms with Gasteiger partial charge >= 0.3 is 5.97 Å². The second-order valence-corrected chi connectivity index (χ2v) is 6.71. The van der Waals surface area contributed by atoms with Gasteiger partial charge in [-0.1, -0.05) is 6.07 Å². The first-order valence-corrected chi connectivity index (χ1v) is 9.18. The lowest BCUT2D eigenvalue weighted by atomic mass is 10.2. The lowest BCUT2D eigenvalue weighted by Gasteiger charge is -2.22. The summed E-state index contributed by atoms with van der Waals surface area (Å²) in [5, 5.41) is 12.2. The molecule has 0 spiro atoms. The highest BCUT2D eigenvalue weighted by Gasteiger charge is 2.17. The number of carbonyl (C=O) groups is 1. The van der Waals surface area contributed by atoms with Crippen molar-refractivity contribution in [3.63, 3.8) is 0 Å². The van der Waals surface area contributed by atoms with Crippen LogP contribution in [-0.2, 0) is 16.0 Å². The molecule has 1 aliphatic rings. The number of pyridine rings is 1. The minimum Gasteiger partial charge on any atom is -0.478 e. The number of nitrogens with zero attached hydrogens (tertiary/aromatic N) is 1. The minimum atomic E-state index is -1.22. The lowest BCUT2D eigenvalue weighted by molar-refractivity contribution is -0.163. The van der Waals surface area contributed by atoms with Crippen molar-refractivity contribution in [3.05, 3.63) is 57.8 Å². The van der Waals surface area contributed by atoms with Gasteiger partial charge in [-0.15, -0.1) is 0 Å². The molecule has 1 saturated heterocycles. The van der Waals surface area contributed by atoms with E-state index in [2.05, 4.69) is 5.32 Å². The Bertz CT molecular complexity index is 906. The van der Waals surface area contributed by atoms with Crippen LogP contribution in [0.25, 0.3) is 0 Å². The van der Waals surface area contributed by atoms with E-state index < -0.39 is 17.3 Å². The van der Waals surface area contributed by atoms with Gasteiger partial charge in [0.05, 0.1) is 23.5 Å². The zero-order valence-electron chi connectivity index (χ0n) is 15.6. The molecule has 0 bridgehead atoms. The van der Waals surface area contributed by atoms with Crippen molar-refractivity contribution >= 4 is 17.3 Å². The Morgan fingerprint density at radius 1 is 1.36 bits per heavy atom. The Balaban J connectivity index is 1.75. The summed E-state index contributed by atoms with van der Waals surface area (Å²) < 4.78 is 26.4. The molecule has 0 saturated carbocycles. The molecule has 3 rings (SSSR count). The maximum Gasteiger partial charge on any atom is 0.339 e. The normalized spacial score (nSPS) is 16.7. The Morgan fingerprint density at radius 2 is 2.18 bits per heavy atom. The van der Waals surface area contributed by atoms with Crippen LogP contribution in [0.3, 0.4) is 0 Å². The van der Waals surface area contributed by atoms with Crippen molar-refractivity contribution < 1.29 is 23.8 Å². The van der Waals surface area contributed by atoms with Crippen molar-refractivity contribution in [2.75, 3.05) is 18.5 Å². The van der Waals surface area contributed by atoms with Gasteiger partial charge in [0.15, 0.2) is 6.29 Å². The Morgan fingerprint density at radius 3 is 2.86 bits per heavy atom. The maximum atomic E-state index is 14.1. The van der Waals surface area contributed by atoms with Crippen LogP contribution in [-0.4, -0.2) is 35.1 Å². The van der Waals surface area contributed by atoms with Gasteiger partial charge in [0.25, 0.3) is 5.56 Å². The Hall–Kier alpha value is -2.71. The number of aromatic nitrogens is 1. The highest BCUT2D eigenvalue weighted by molar-refractivity contribution is 5.94. The predicted octanol–water partition coefficient (Wildman–Crippen LogP) is 3.28. The molecule has 2 aromatic rings. The van der Waals surface area contributed by atoms with Gasteiger partial charge in [-0.25, -0.2) is 9.18 Å². The van der Waals surface area contributed by atoms with Crippen molar-refractivity contribution in [2.24, 2.45) is 0 Å². The fourth-order valence-corrected chi connectivity index (χ4v) is 3.01. The summed E-state index contributed by atoms with van der Waals surface area (Å²) in [6.45, 7) is 2.82. The number of anilines is 2. The first-order valence-electron chi connectivity index (χ1n) is 9.18. The Labute approximate surface area is 161 Å². The third-order valence-electron chi connectivity index (χ3n) is 4.52. The number of nitrogens with one attached hydrogen (secondary N) is 1. The SMILES string of the molecule is Cc1ccc(Nc2cc(=O)n(CCOC3CCCCO3)cc2C(=O)O)c(F)c1. The first kappa shape index (κ1) is 20.0. The number of rotatable bonds is 7. The van der Waals surface area contributed by atoms with E-state index in [-0.39, 0.29) is 36.4 Å². The van der Waals surface area contributed by atoms with E-state index >= 15 is 0 Å². The molecule has 1 fully saturated rings. The van der Waals surface area contributed by atoms with Crippen molar-refractivity contribution in [1.82, 2.24) is 4.57 Å². The zero-order chi connectivity index (χ0) is 20.1. The van der Waals surface area contributed by atoms with Gasteiger partial charge in [0.1, 0.15) is 5.82 Å². The molecule has 1 aliphatic heterocycles. The van der Waals surface area contributed by atoms with E-state index in [1.54, 1.807) is 13.0 Å².